The smallest absolute Gasteiger partial charge is 0.241 e. The van der Waals surface area contributed by atoms with E-state index in [0.29, 0.717) is 11.8 Å². The standard InChI is InChI=1S/C29H50O3Si2/c1-26(2,3)34(10,11)31-20-29(6)24-14-16-27(4)22-19-30-18-21(22)12-13-23(27)28(24,5)17-15-25(29)32-33(7,8)9/h15,18-19,23-24H,12-14,16-17,20H2,1-11H3/t23-,24+,27-,28+,29+/m0/s1. The lowest BCUT2D eigenvalue weighted by atomic mass is 9.41. The molecule has 192 valence electrons. The number of rotatable bonds is 5. The fourth-order valence-corrected chi connectivity index (χ4v) is 9.53. The maximum absolute atomic E-state index is 7.00. The van der Waals surface area contributed by atoms with Gasteiger partial charge in [0.25, 0.3) is 0 Å². The molecule has 0 aliphatic heterocycles. The highest BCUT2D eigenvalue weighted by molar-refractivity contribution is 6.74. The van der Waals surface area contributed by atoms with Gasteiger partial charge in [0.15, 0.2) is 8.32 Å². The topological polar surface area (TPSA) is 31.6 Å². The molecular formula is C29H50O3Si2. The Morgan fingerprint density at radius 1 is 1.00 bits per heavy atom. The van der Waals surface area contributed by atoms with Gasteiger partial charge in [0.05, 0.1) is 18.3 Å². The van der Waals surface area contributed by atoms with Crippen LogP contribution in [0.15, 0.2) is 28.8 Å². The van der Waals surface area contributed by atoms with Crippen molar-refractivity contribution in [3.63, 3.8) is 0 Å². The zero-order valence-corrected chi connectivity index (χ0v) is 25.9. The van der Waals surface area contributed by atoms with Crippen molar-refractivity contribution in [2.45, 2.75) is 117 Å². The van der Waals surface area contributed by atoms with Gasteiger partial charge in [-0.1, -0.05) is 41.5 Å². The van der Waals surface area contributed by atoms with Gasteiger partial charge in [0, 0.05) is 12.0 Å². The van der Waals surface area contributed by atoms with E-state index in [1.54, 1.807) is 0 Å². The molecule has 0 amide bonds. The van der Waals surface area contributed by atoms with E-state index >= 15 is 0 Å². The van der Waals surface area contributed by atoms with Gasteiger partial charge in [-0.2, -0.15) is 0 Å². The first-order chi connectivity index (χ1) is 15.4. The summed E-state index contributed by atoms with van der Waals surface area (Å²) >= 11 is 0. The molecule has 0 bridgehead atoms. The van der Waals surface area contributed by atoms with Crippen LogP contribution in [-0.4, -0.2) is 23.2 Å². The molecule has 0 N–H and O–H groups in total. The molecule has 1 aromatic heterocycles. The van der Waals surface area contributed by atoms with E-state index in [0.717, 1.165) is 19.4 Å². The number of hydrogen-bond donors (Lipinski definition) is 0. The predicted octanol–water partition coefficient (Wildman–Crippen LogP) is 8.68. The lowest BCUT2D eigenvalue weighted by molar-refractivity contribution is -0.102. The van der Waals surface area contributed by atoms with Crippen LogP contribution in [0.25, 0.3) is 0 Å². The van der Waals surface area contributed by atoms with Gasteiger partial charge in [0.1, 0.15) is 0 Å². The molecule has 1 saturated carbocycles. The van der Waals surface area contributed by atoms with Crippen molar-refractivity contribution in [1.82, 2.24) is 0 Å². The SMILES string of the molecule is CC(C)(C)[Si](C)(C)OC[C@@]1(C)C(O[Si](C)(C)C)=CC[C@@]2(C)[C@H]1CC[C@@]1(C)c3cocc3CC[C@H]21. The summed E-state index contributed by atoms with van der Waals surface area (Å²) in [6, 6.07) is 0. The van der Waals surface area contributed by atoms with Crippen LogP contribution in [-0.2, 0) is 20.7 Å². The van der Waals surface area contributed by atoms with Crippen LogP contribution in [0.5, 0.6) is 0 Å². The highest BCUT2D eigenvalue weighted by Crippen LogP contribution is 2.67. The molecule has 0 aromatic carbocycles. The third-order valence-corrected chi connectivity index (χ3v) is 15.7. The fraction of sp³-hybridized carbons (Fsp3) is 0.793. The van der Waals surface area contributed by atoms with E-state index in [-0.39, 0.29) is 21.3 Å². The maximum atomic E-state index is 7.00. The first kappa shape index (κ1) is 26.3. The van der Waals surface area contributed by atoms with Crippen molar-refractivity contribution >= 4 is 16.6 Å². The van der Waals surface area contributed by atoms with E-state index in [9.17, 15) is 0 Å². The molecule has 0 radical (unpaired) electrons. The minimum Gasteiger partial charge on any atom is -0.547 e. The summed E-state index contributed by atoms with van der Waals surface area (Å²) in [5, 5.41) is 0.205. The highest BCUT2D eigenvalue weighted by atomic mass is 28.4. The molecule has 0 spiro atoms. The third kappa shape index (κ3) is 4.11. The van der Waals surface area contributed by atoms with Gasteiger partial charge in [-0.25, -0.2) is 0 Å². The molecule has 4 rings (SSSR count). The van der Waals surface area contributed by atoms with Crippen LogP contribution >= 0.6 is 0 Å². The van der Waals surface area contributed by atoms with Gasteiger partial charge >= 0.3 is 0 Å². The number of hydrogen-bond acceptors (Lipinski definition) is 3. The number of furan rings is 1. The normalized spacial score (nSPS) is 36.3. The second kappa shape index (κ2) is 8.11. The average molecular weight is 503 g/mol. The van der Waals surface area contributed by atoms with Crippen LogP contribution in [0.3, 0.4) is 0 Å². The molecule has 5 heteroatoms. The Hall–Kier alpha value is -0.786. The lowest BCUT2D eigenvalue weighted by Crippen LogP contribution is -2.60. The van der Waals surface area contributed by atoms with Crippen molar-refractivity contribution in [3.8, 4) is 0 Å². The lowest BCUT2D eigenvalue weighted by Gasteiger charge is -2.64. The number of aryl methyl sites for hydroxylation is 1. The van der Waals surface area contributed by atoms with Gasteiger partial charge in [-0.05, 0) is 110 Å². The predicted molar refractivity (Wildman–Crippen MR) is 147 cm³/mol. The zero-order valence-electron chi connectivity index (χ0n) is 23.9. The minimum absolute atomic E-state index is 0.0825. The third-order valence-electron chi connectivity index (χ3n) is 10.4. The van der Waals surface area contributed by atoms with E-state index < -0.39 is 16.6 Å². The van der Waals surface area contributed by atoms with Crippen LogP contribution in [0, 0.1) is 22.7 Å². The summed E-state index contributed by atoms with van der Waals surface area (Å²) < 4.78 is 19.6. The van der Waals surface area contributed by atoms with Crippen molar-refractivity contribution in [2.24, 2.45) is 22.7 Å². The highest BCUT2D eigenvalue weighted by Gasteiger charge is 2.62. The van der Waals surface area contributed by atoms with Crippen molar-refractivity contribution in [3.05, 3.63) is 35.5 Å². The van der Waals surface area contributed by atoms with Gasteiger partial charge in [0.2, 0.25) is 8.32 Å². The second-order valence-corrected chi connectivity index (χ2v) is 24.1. The fourth-order valence-electron chi connectivity index (χ4n) is 7.46. The molecule has 1 heterocycles. The van der Waals surface area contributed by atoms with Crippen molar-refractivity contribution < 1.29 is 13.3 Å². The van der Waals surface area contributed by atoms with Crippen molar-refractivity contribution in [1.29, 1.82) is 0 Å². The first-order valence-electron chi connectivity index (χ1n) is 13.5. The first-order valence-corrected chi connectivity index (χ1v) is 19.8. The molecule has 34 heavy (non-hydrogen) atoms. The summed E-state index contributed by atoms with van der Waals surface area (Å²) in [5.41, 5.74) is 3.29. The van der Waals surface area contributed by atoms with Crippen LogP contribution in [0.4, 0.5) is 0 Å². The van der Waals surface area contributed by atoms with E-state index in [1.165, 1.54) is 36.1 Å². The molecule has 0 unspecified atom stereocenters. The quantitative estimate of drug-likeness (QED) is 0.377. The largest absolute Gasteiger partial charge is 0.547 e. The van der Waals surface area contributed by atoms with E-state index in [2.05, 4.69) is 86.6 Å². The summed E-state index contributed by atoms with van der Waals surface area (Å²) in [5.74, 6) is 2.45. The Balaban J connectivity index is 1.74. The van der Waals surface area contributed by atoms with E-state index in [4.69, 9.17) is 13.3 Å². The Morgan fingerprint density at radius 2 is 1.68 bits per heavy atom. The molecular weight excluding hydrogens is 452 g/mol. The second-order valence-electron chi connectivity index (χ2n) is 14.9. The molecule has 5 atom stereocenters. The Kier molecular flexibility index (Phi) is 6.27. The Morgan fingerprint density at radius 3 is 2.29 bits per heavy atom. The molecule has 1 fully saturated rings. The van der Waals surface area contributed by atoms with Crippen LogP contribution in [0.2, 0.25) is 37.8 Å². The summed E-state index contributed by atoms with van der Waals surface area (Å²) in [7, 11) is -3.62. The van der Waals surface area contributed by atoms with E-state index in [1.807, 2.05) is 6.26 Å². The monoisotopic (exact) mass is 502 g/mol. The Labute approximate surface area is 211 Å². The molecule has 0 saturated heterocycles. The molecule has 3 aliphatic carbocycles. The van der Waals surface area contributed by atoms with Gasteiger partial charge in [-0.15, -0.1) is 0 Å². The minimum atomic E-state index is -1.88. The summed E-state index contributed by atoms with van der Waals surface area (Å²) in [6.07, 6.45) is 12.5. The van der Waals surface area contributed by atoms with Crippen LogP contribution in [0.1, 0.15) is 78.4 Å². The number of fused-ring (bicyclic) bond motifs is 5. The molecule has 1 aromatic rings. The maximum Gasteiger partial charge on any atom is 0.241 e. The zero-order chi connectivity index (χ0) is 25.4. The summed E-state index contributed by atoms with van der Waals surface area (Å²) in [4.78, 5) is 0. The van der Waals surface area contributed by atoms with Crippen molar-refractivity contribution in [2.75, 3.05) is 6.61 Å². The number of allylic oxidation sites excluding steroid dienone is 1. The molecule has 3 nitrogen and oxygen atoms in total. The van der Waals surface area contributed by atoms with Gasteiger partial charge in [-0.3, -0.25) is 0 Å². The average Bonchev–Trinajstić information content (AvgIpc) is 3.17. The molecule has 3 aliphatic rings. The Bertz CT molecular complexity index is 949. The van der Waals surface area contributed by atoms with Gasteiger partial charge < -0.3 is 13.3 Å². The van der Waals surface area contributed by atoms with Crippen LogP contribution < -0.4 is 0 Å². The summed E-state index contributed by atoms with van der Waals surface area (Å²) in [6.45, 7) is 27.1.